The molecule has 1 aliphatic carbocycles. The molecule has 0 atom stereocenters. The predicted octanol–water partition coefficient (Wildman–Crippen LogP) is 1.50. The number of anilines is 1. The molecule has 1 fully saturated rings. The summed E-state index contributed by atoms with van der Waals surface area (Å²) in [4.78, 5) is 8.82. The molecular formula is C13H18N4O. The van der Waals surface area contributed by atoms with Gasteiger partial charge in [0.05, 0.1) is 11.3 Å². The van der Waals surface area contributed by atoms with Gasteiger partial charge in [0.2, 0.25) is 0 Å². The highest BCUT2D eigenvalue weighted by Gasteiger charge is 2.41. The van der Waals surface area contributed by atoms with Crippen LogP contribution in [0.2, 0.25) is 0 Å². The van der Waals surface area contributed by atoms with Gasteiger partial charge in [0.1, 0.15) is 17.2 Å². The molecule has 5 heteroatoms. The molecule has 0 spiro atoms. The van der Waals surface area contributed by atoms with Crippen LogP contribution in [-0.4, -0.2) is 25.1 Å². The van der Waals surface area contributed by atoms with Crippen LogP contribution in [0.5, 0.6) is 0 Å². The Morgan fingerprint density at radius 2 is 2.28 bits per heavy atom. The van der Waals surface area contributed by atoms with Gasteiger partial charge >= 0.3 is 0 Å². The number of aliphatic hydroxyl groups is 1. The van der Waals surface area contributed by atoms with Crippen LogP contribution in [0.15, 0.2) is 12.4 Å². The van der Waals surface area contributed by atoms with E-state index >= 15 is 0 Å². The summed E-state index contributed by atoms with van der Waals surface area (Å²) in [6.45, 7) is 3.94. The summed E-state index contributed by atoms with van der Waals surface area (Å²) in [5, 5.41) is 9.86. The SMILES string of the molecule is CCc1nc(C2CC(C)(O)C2)n2ccnc(N)c12. The molecule has 1 aliphatic rings. The molecule has 2 aromatic heterocycles. The van der Waals surface area contributed by atoms with Gasteiger partial charge in [0.25, 0.3) is 0 Å². The standard InChI is InChI=1S/C13H18N4O/c1-3-9-10-11(14)15-4-5-17(10)12(16-9)8-6-13(2,18)7-8/h4-5,8,18H,3,6-7H2,1-2H3,(H2,14,15). The molecule has 0 aromatic carbocycles. The molecule has 0 radical (unpaired) electrons. The van der Waals surface area contributed by atoms with Crippen molar-refractivity contribution in [2.45, 2.75) is 44.6 Å². The summed E-state index contributed by atoms with van der Waals surface area (Å²) in [7, 11) is 0. The summed E-state index contributed by atoms with van der Waals surface area (Å²) in [6.07, 6.45) is 5.96. The minimum atomic E-state index is -0.540. The largest absolute Gasteiger partial charge is 0.390 e. The van der Waals surface area contributed by atoms with E-state index in [1.54, 1.807) is 6.20 Å². The molecule has 5 nitrogen and oxygen atoms in total. The Morgan fingerprint density at radius 3 is 2.89 bits per heavy atom. The van der Waals surface area contributed by atoms with E-state index in [1.165, 1.54) is 0 Å². The van der Waals surface area contributed by atoms with E-state index in [0.717, 1.165) is 36.3 Å². The summed E-state index contributed by atoms with van der Waals surface area (Å²) in [5.41, 5.74) is 7.30. The lowest BCUT2D eigenvalue weighted by Crippen LogP contribution is -2.40. The van der Waals surface area contributed by atoms with Crippen molar-refractivity contribution in [1.82, 2.24) is 14.4 Å². The van der Waals surface area contributed by atoms with E-state index in [1.807, 2.05) is 17.5 Å². The Hall–Kier alpha value is -1.62. The van der Waals surface area contributed by atoms with E-state index in [4.69, 9.17) is 5.73 Å². The van der Waals surface area contributed by atoms with Gasteiger partial charge in [-0.15, -0.1) is 0 Å². The van der Waals surface area contributed by atoms with Crippen LogP contribution in [0.1, 0.15) is 44.1 Å². The Bertz CT molecular complexity index is 594. The van der Waals surface area contributed by atoms with Crippen LogP contribution in [-0.2, 0) is 6.42 Å². The first-order valence-electron chi connectivity index (χ1n) is 6.35. The van der Waals surface area contributed by atoms with Gasteiger partial charge in [-0.05, 0) is 26.2 Å². The maximum atomic E-state index is 9.86. The maximum absolute atomic E-state index is 9.86. The molecule has 1 saturated carbocycles. The van der Waals surface area contributed by atoms with Crippen LogP contribution in [0.4, 0.5) is 5.82 Å². The molecule has 3 N–H and O–H groups in total. The Morgan fingerprint density at radius 1 is 1.56 bits per heavy atom. The lowest BCUT2D eigenvalue weighted by molar-refractivity contribution is -0.0335. The minimum absolute atomic E-state index is 0.314. The maximum Gasteiger partial charge on any atom is 0.149 e. The average molecular weight is 246 g/mol. The minimum Gasteiger partial charge on any atom is -0.390 e. The molecule has 2 heterocycles. The van der Waals surface area contributed by atoms with Crippen molar-refractivity contribution < 1.29 is 5.11 Å². The van der Waals surface area contributed by atoms with Gasteiger partial charge in [-0.3, -0.25) is 4.40 Å². The van der Waals surface area contributed by atoms with Gasteiger partial charge in [-0.25, -0.2) is 9.97 Å². The second-order valence-corrected chi connectivity index (χ2v) is 5.40. The Balaban J connectivity index is 2.11. The normalized spacial score (nSPS) is 27.4. The third-order valence-electron chi connectivity index (χ3n) is 3.75. The number of imidazole rings is 1. The first-order chi connectivity index (χ1) is 8.52. The summed E-state index contributed by atoms with van der Waals surface area (Å²) >= 11 is 0. The fraction of sp³-hybridized carbons (Fsp3) is 0.538. The third kappa shape index (κ3) is 1.58. The topological polar surface area (TPSA) is 76.4 Å². The molecule has 18 heavy (non-hydrogen) atoms. The van der Waals surface area contributed by atoms with Crippen molar-refractivity contribution >= 4 is 11.3 Å². The second-order valence-electron chi connectivity index (χ2n) is 5.40. The Labute approximate surface area is 106 Å². The number of nitrogens with zero attached hydrogens (tertiary/aromatic N) is 3. The van der Waals surface area contributed by atoms with Crippen molar-refractivity contribution in [2.24, 2.45) is 0 Å². The third-order valence-corrected chi connectivity index (χ3v) is 3.75. The summed E-state index contributed by atoms with van der Waals surface area (Å²) in [5.74, 6) is 1.84. The number of hydrogen-bond acceptors (Lipinski definition) is 4. The van der Waals surface area contributed by atoms with Gasteiger partial charge in [0, 0.05) is 18.3 Å². The van der Waals surface area contributed by atoms with Crippen LogP contribution in [0, 0.1) is 0 Å². The van der Waals surface area contributed by atoms with Crippen LogP contribution in [0.25, 0.3) is 5.52 Å². The first-order valence-corrected chi connectivity index (χ1v) is 6.35. The number of aryl methyl sites for hydroxylation is 1. The highest BCUT2D eigenvalue weighted by atomic mass is 16.3. The number of rotatable bonds is 2. The molecule has 96 valence electrons. The molecular weight excluding hydrogens is 228 g/mol. The van der Waals surface area contributed by atoms with Crippen molar-refractivity contribution in [3.8, 4) is 0 Å². The lowest BCUT2D eigenvalue weighted by atomic mass is 9.72. The lowest BCUT2D eigenvalue weighted by Gasteiger charge is -2.40. The van der Waals surface area contributed by atoms with Crippen molar-refractivity contribution in [1.29, 1.82) is 0 Å². The smallest absolute Gasteiger partial charge is 0.149 e. The molecule has 2 aromatic rings. The summed E-state index contributed by atoms with van der Waals surface area (Å²) < 4.78 is 2.03. The zero-order valence-electron chi connectivity index (χ0n) is 10.7. The number of nitrogen functional groups attached to an aromatic ring is 1. The Kier molecular flexibility index (Phi) is 2.35. The number of nitrogens with two attached hydrogens (primary N) is 1. The quantitative estimate of drug-likeness (QED) is 0.842. The van der Waals surface area contributed by atoms with Crippen molar-refractivity contribution in [3.05, 3.63) is 23.9 Å². The zero-order chi connectivity index (χ0) is 12.9. The zero-order valence-corrected chi connectivity index (χ0v) is 10.7. The molecule has 0 saturated heterocycles. The molecule has 3 rings (SSSR count). The molecule has 0 amide bonds. The fourth-order valence-corrected chi connectivity index (χ4v) is 2.88. The van der Waals surface area contributed by atoms with Gasteiger partial charge in [0.15, 0.2) is 0 Å². The van der Waals surface area contributed by atoms with E-state index < -0.39 is 5.60 Å². The highest BCUT2D eigenvalue weighted by Crippen LogP contribution is 2.44. The van der Waals surface area contributed by atoms with Gasteiger partial charge < -0.3 is 10.8 Å². The molecule has 0 bridgehead atoms. The monoisotopic (exact) mass is 246 g/mol. The van der Waals surface area contributed by atoms with Crippen LogP contribution in [0.3, 0.4) is 0 Å². The van der Waals surface area contributed by atoms with Crippen LogP contribution >= 0.6 is 0 Å². The van der Waals surface area contributed by atoms with E-state index in [0.29, 0.717) is 11.7 Å². The number of aromatic nitrogens is 3. The second kappa shape index (κ2) is 3.68. The number of fused-ring (bicyclic) bond motifs is 1. The van der Waals surface area contributed by atoms with E-state index in [-0.39, 0.29) is 0 Å². The van der Waals surface area contributed by atoms with Gasteiger partial charge in [-0.2, -0.15) is 0 Å². The van der Waals surface area contributed by atoms with Crippen molar-refractivity contribution in [2.75, 3.05) is 5.73 Å². The van der Waals surface area contributed by atoms with Gasteiger partial charge in [-0.1, -0.05) is 6.92 Å². The highest BCUT2D eigenvalue weighted by molar-refractivity contribution is 5.69. The molecule has 0 unspecified atom stereocenters. The molecule has 0 aliphatic heterocycles. The fourth-order valence-electron chi connectivity index (χ4n) is 2.88. The van der Waals surface area contributed by atoms with E-state index in [2.05, 4.69) is 16.9 Å². The first kappa shape index (κ1) is 11.5. The van der Waals surface area contributed by atoms with Crippen molar-refractivity contribution in [3.63, 3.8) is 0 Å². The van der Waals surface area contributed by atoms with E-state index in [9.17, 15) is 5.11 Å². The predicted molar refractivity (Wildman–Crippen MR) is 69.4 cm³/mol. The number of hydrogen-bond donors (Lipinski definition) is 2. The summed E-state index contributed by atoms with van der Waals surface area (Å²) in [6, 6.07) is 0. The van der Waals surface area contributed by atoms with Crippen LogP contribution < -0.4 is 5.73 Å². The average Bonchev–Trinajstić information content (AvgIpc) is 2.65.